The third kappa shape index (κ3) is 1.97. The molecule has 1 aliphatic rings. The lowest BCUT2D eigenvalue weighted by molar-refractivity contribution is 0.0600. The second-order valence-corrected chi connectivity index (χ2v) is 4.52. The predicted octanol–water partition coefficient (Wildman–Crippen LogP) is 2.27. The van der Waals surface area contributed by atoms with Crippen molar-refractivity contribution in [3.63, 3.8) is 0 Å². The van der Waals surface area contributed by atoms with Crippen LogP contribution >= 0.6 is 0 Å². The van der Waals surface area contributed by atoms with Gasteiger partial charge in [-0.05, 0) is 42.3 Å². The van der Waals surface area contributed by atoms with Crippen molar-refractivity contribution in [1.82, 2.24) is 0 Å². The summed E-state index contributed by atoms with van der Waals surface area (Å²) in [6.45, 7) is 0.583. The Morgan fingerprint density at radius 3 is 2.85 bits per heavy atom. The topological polar surface area (TPSA) is 59.8 Å². The van der Waals surface area contributed by atoms with E-state index in [0.29, 0.717) is 24.3 Å². The van der Waals surface area contributed by atoms with Gasteiger partial charge in [-0.25, -0.2) is 4.79 Å². The molecule has 0 fully saturated rings. The maximum atomic E-state index is 12.3. The molecule has 0 bridgehead atoms. The Morgan fingerprint density at radius 2 is 2.15 bits per heavy atom. The smallest absolute Gasteiger partial charge is 0.337 e. The van der Waals surface area contributed by atoms with Gasteiger partial charge in [0.2, 0.25) is 0 Å². The fourth-order valence-corrected chi connectivity index (χ4v) is 2.39. The average molecular weight is 271 g/mol. The van der Waals surface area contributed by atoms with Gasteiger partial charge in [-0.1, -0.05) is 0 Å². The number of ether oxygens (including phenoxy) is 1. The number of fused-ring (bicyclic) bond motifs is 1. The number of carbonyl (C=O) groups is 2. The van der Waals surface area contributed by atoms with E-state index in [9.17, 15) is 9.59 Å². The minimum absolute atomic E-state index is 0.167. The first-order valence-electron chi connectivity index (χ1n) is 6.27. The Morgan fingerprint density at radius 1 is 1.30 bits per heavy atom. The zero-order valence-electron chi connectivity index (χ0n) is 11.0. The molecule has 0 unspecified atom stereocenters. The Labute approximate surface area is 115 Å². The number of anilines is 1. The van der Waals surface area contributed by atoms with Gasteiger partial charge < -0.3 is 14.1 Å². The van der Waals surface area contributed by atoms with E-state index in [-0.39, 0.29) is 11.9 Å². The van der Waals surface area contributed by atoms with Gasteiger partial charge >= 0.3 is 5.97 Å². The summed E-state index contributed by atoms with van der Waals surface area (Å²) in [4.78, 5) is 25.4. The van der Waals surface area contributed by atoms with Crippen LogP contribution in [-0.2, 0) is 11.2 Å². The van der Waals surface area contributed by atoms with Gasteiger partial charge in [-0.3, -0.25) is 4.79 Å². The minimum atomic E-state index is -0.372. The van der Waals surface area contributed by atoms with Crippen LogP contribution in [0.3, 0.4) is 0 Å². The zero-order valence-corrected chi connectivity index (χ0v) is 11.0. The lowest BCUT2D eigenvalue weighted by Gasteiger charge is -2.15. The normalized spacial score (nSPS) is 13.2. The standard InChI is InChI=1S/C15H13NO4/c1-19-15(18)11-4-5-12-10(9-11)6-7-16(12)14(17)13-3-2-8-20-13/h2-5,8-9H,6-7H2,1H3. The molecular weight excluding hydrogens is 258 g/mol. The van der Waals surface area contributed by atoms with Crippen LogP contribution < -0.4 is 4.90 Å². The summed E-state index contributed by atoms with van der Waals surface area (Å²) in [6.07, 6.45) is 2.19. The van der Waals surface area contributed by atoms with Crippen LogP contribution in [0.25, 0.3) is 0 Å². The summed E-state index contributed by atoms with van der Waals surface area (Å²) in [5.41, 5.74) is 2.28. The van der Waals surface area contributed by atoms with Gasteiger partial charge in [0.05, 0.1) is 18.9 Å². The number of benzene rings is 1. The molecule has 1 amide bonds. The molecular formula is C15H13NO4. The van der Waals surface area contributed by atoms with Crippen molar-refractivity contribution in [2.45, 2.75) is 6.42 Å². The second-order valence-electron chi connectivity index (χ2n) is 4.52. The summed E-state index contributed by atoms with van der Waals surface area (Å²) < 4.78 is 9.83. The first-order valence-corrected chi connectivity index (χ1v) is 6.27. The lowest BCUT2D eigenvalue weighted by atomic mass is 10.1. The van der Waals surface area contributed by atoms with Crippen molar-refractivity contribution in [3.05, 3.63) is 53.5 Å². The first kappa shape index (κ1) is 12.5. The summed E-state index contributed by atoms with van der Waals surface area (Å²) in [7, 11) is 1.35. The molecule has 1 aliphatic heterocycles. The number of methoxy groups -OCH3 is 1. The summed E-state index contributed by atoms with van der Waals surface area (Å²) in [6, 6.07) is 8.54. The summed E-state index contributed by atoms with van der Waals surface area (Å²) >= 11 is 0. The molecule has 1 aromatic heterocycles. The van der Waals surface area contributed by atoms with E-state index in [1.807, 2.05) is 0 Å². The maximum Gasteiger partial charge on any atom is 0.337 e. The Balaban J connectivity index is 1.91. The molecule has 0 saturated heterocycles. The van der Waals surface area contributed by atoms with Crippen molar-refractivity contribution >= 4 is 17.6 Å². The van der Waals surface area contributed by atoms with Crippen LogP contribution in [-0.4, -0.2) is 25.5 Å². The Kier molecular flexibility index (Phi) is 3.02. The molecule has 0 saturated carbocycles. The highest BCUT2D eigenvalue weighted by Crippen LogP contribution is 2.30. The molecule has 2 aromatic rings. The molecule has 5 heteroatoms. The quantitative estimate of drug-likeness (QED) is 0.786. The second kappa shape index (κ2) is 4.85. The molecule has 0 atom stereocenters. The number of nitrogens with zero attached hydrogens (tertiary/aromatic N) is 1. The van der Waals surface area contributed by atoms with Crippen LogP contribution in [0, 0.1) is 0 Å². The monoisotopic (exact) mass is 271 g/mol. The van der Waals surface area contributed by atoms with E-state index in [0.717, 1.165) is 11.3 Å². The van der Waals surface area contributed by atoms with Crippen molar-refractivity contribution in [2.24, 2.45) is 0 Å². The molecule has 1 aromatic carbocycles. The number of amides is 1. The predicted molar refractivity (Wildman–Crippen MR) is 71.9 cm³/mol. The summed E-state index contributed by atoms with van der Waals surface area (Å²) in [5, 5.41) is 0. The minimum Gasteiger partial charge on any atom is -0.465 e. The van der Waals surface area contributed by atoms with Gasteiger partial charge in [-0.2, -0.15) is 0 Å². The largest absolute Gasteiger partial charge is 0.465 e. The Bertz CT molecular complexity index is 661. The molecule has 20 heavy (non-hydrogen) atoms. The van der Waals surface area contributed by atoms with Crippen LogP contribution in [0.2, 0.25) is 0 Å². The number of carbonyl (C=O) groups excluding carboxylic acids is 2. The first-order chi connectivity index (χ1) is 9.70. The van der Waals surface area contributed by atoms with E-state index in [1.165, 1.54) is 13.4 Å². The van der Waals surface area contributed by atoms with Crippen LogP contribution in [0.4, 0.5) is 5.69 Å². The van der Waals surface area contributed by atoms with Gasteiger partial charge in [0.1, 0.15) is 0 Å². The molecule has 5 nitrogen and oxygen atoms in total. The van der Waals surface area contributed by atoms with E-state index >= 15 is 0 Å². The van der Waals surface area contributed by atoms with E-state index < -0.39 is 0 Å². The van der Waals surface area contributed by atoms with Crippen molar-refractivity contribution in [3.8, 4) is 0 Å². The molecule has 2 heterocycles. The molecule has 102 valence electrons. The van der Waals surface area contributed by atoms with Crippen molar-refractivity contribution in [1.29, 1.82) is 0 Å². The van der Waals surface area contributed by atoms with E-state index in [4.69, 9.17) is 9.15 Å². The van der Waals surface area contributed by atoms with E-state index in [2.05, 4.69) is 0 Å². The number of esters is 1. The zero-order chi connectivity index (χ0) is 14.1. The third-order valence-electron chi connectivity index (χ3n) is 3.37. The van der Waals surface area contributed by atoms with Gasteiger partial charge in [0, 0.05) is 12.2 Å². The lowest BCUT2D eigenvalue weighted by Crippen LogP contribution is -2.28. The maximum absolute atomic E-state index is 12.3. The molecule has 0 spiro atoms. The van der Waals surface area contributed by atoms with E-state index in [1.54, 1.807) is 35.2 Å². The fourth-order valence-electron chi connectivity index (χ4n) is 2.39. The van der Waals surface area contributed by atoms with Crippen LogP contribution in [0.15, 0.2) is 41.0 Å². The number of hydrogen-bond acceptors (Lipinski definition) is 4. The number of furan rings is 1. The third-order valence-corrected chi connectivity index (χ3v) is 3.37. The fraction of sp³-hybridized carbons (Fsp3) is 0.200. The molecule has 3 rings (SSSR count). The highest BCUT2D eigenvalue weighted by atomic mass is 16.5. The molecule has 0 N–H and O–H groups in total. The number of rotatable bonds is 2. The van der Waals surface area contributed by atoms with Crippen LogP contribution in [0.1, 0.15) is 26.5 Å². The van der Waals surface area contributed by atoms with Crippen molar-refractivity contribution in [2.75, 3.05) is 18.6 Å². The van der Waals surface area contributed by atoms with Gasteiger partial charge in [0.15, 0.2) is 5.76 Å². The summed E-state index contributed by atoms with van der Waals surface area (Å²) in [5.74, 6) is -0.224. The number of hydrogen-bond donors (Lipinski definition) is 0. The Hall–Kier alpha value is -2.56. The molecule has 0 aliphatic carbocycles. The van der Waals surface area contributed by atoms with Crippen LogP contribution in [0.5, 0.6) is 0 Å². The van der Waals surface area contributed by atoms with Gasteiger partial charge in [0.25, 0.3) is 5.91 Å². The average Bonchev–Trinajstić information content (AvgIpc) is 3.14. The van der Waals surface area contributed by atoms with Gasteiger partial charge in [-0.15, -0.1) is 0 Å². The molecule has 0 radical (unpaired) electrons. The SMILES string of the molecule is COC(=O)c1ccc2c(c1)CCN2C(=O)c1ccco1. The van der Waals surface area contributed by atoms with Crippen molar-refractivity contribution < 1.29 is 18.7 Å². The highest BCUT2D eigenvalue weighted by molar-refractivity contribution is 6.05. The highest BCUT2D eigenvalue weighted by Gasteiger charge is 2.27.